The van der Waals surface area contributed by atoms with Gasteiger partial charge in [0, 0.05) is 17.4 Å². The van der Waals surface area contributed by atoms with Crippen molar-refractivity contribution in [3.63, 3.8) is 0 Å². The van der Waals surface area contributed by atoms with Gasteiger partial charge in [0.2, 0.25) is 0 Å². The Labute approximate surface area is 102 Å². The Morgan fingerprint density at radius 1 is 1.27 bits per heavy atom. The second kappa shape index (κ2) is 7.10. The zero-order valence-electron chi connectivity index (χ0n) is 8.97. The molecule has 0 fully saturated rings. The Hall–Kier alpha value is -0.240. The summed E-state index contributed by atoms with van der Waals surface area (Å²) in [6, 6.07) is 7.92. The highest BCUT2D eigenvalue weighted by Crippen LogP contribution is 2.09. The standard InChI is InChI=1S/C12H17Cl2N/c1-10(6-7-13)8-15-9-11-2-4-12(14)5-3-11/h2-5,10,15H,6-9H2,1H3. The molecule has 1 nitrogen and oxygen atoms in total. The van der Waals surface area contributed by atoms with Gasteiger partial charge in [0.25, 0.3) is 0 Å². The lowest BCUT2D eigenvalue weighted by molar-refractivity contribution is 0.502. The van der Waals surface area contributed by atoms with Crippen molar-refractivity contribution in [3.8, 4) is 0 Å². The maximum atomic E-state index is 5.80. The third kappa shape index (κ3) is 5.41. The molecule has 1 aromatic carbocycles. The summed E-state index contributed by atoms with van der Waals surface area (Å²) < 4.78 is 0. The van der Waals surface area contributed by atoms with Crippen LogP contribution >= 0.6 is 23.2 Å². The molecule has 0 aliphatic heterocycles. The number of rotatable bonds is 6. The Kier molecular flexibility index (Phi) is 6.07. The quantitative estimate of drug-likeness (QED) is 0.755. The topological polar surface area (TPSA) is 12.0 Å². The van der Waals surface area contributed by atoms with Crippen LogP contribution in [0, 0.1) is 5.92 Å². The van der Waals surface area contributed by atoms with Gasteiger partial charge >= 0.3 is 0 Å². The van der Waals surface area contributed by atoms with Crippen LogP contribution in [0.25, 0.3) is 0 Å². The van der Waals surface area contributed by atoms with Gasteiger partial charge in [-0.1, -0.05) is 30.7 Å². The SMILES string of the molecule is CC(CCCl)CNCc1ccc(Cl)cc1. The predicted molar refractivity (Wildman–Crippen MR) is 67.7 cm³/mol. The Balaban J connectivity index is 2.22. The molecule has 0 saturated heterocycles. The first-order valence-corrected chi connectivity index (χ1v) is 6.14. The Morgan fingerprint density at radius 3 is 2.53 bits per heavy atom. The Morgan fingerprint density at radius 2 is 1.93 bits per heavy atom. The van der Waals surface area contributed by atoms with Crippen LogP contribution in [0.4, 0.5) is 0 Å². The van der Waals surface area contributed by atoms with Gasteiger partial charge in [0.15, 0.2) is 0 Å². The molecule has 0 saturated carbocycles. The predicted octanol–water partition coefficient (Wildman–Crippen LogP) is 3.69. The summed E-state index contributed by atoms with van der Waals surface area (Å²) in [4.78, 5) is 0. The molecule has 0 bridgehead atoms. The number of benzene rings is 1. The molecule has 0 amide bonds. The van der Waals surface area contributed by atoms with E-state index in [-0.39, 0.29) is 0 Å². The molecule has 84 valence electrons. The molecule has 1 unspecified atom stereocenters. The lowest BCUT2D eigenvalue weighted by atomic mass is 10.1. The van der Waals surface area contributed by atoms with Crippen LogP contribution in [-0.2, 0) is 6.54 Å². The average molecular weight is 246 g/mol. The summed E-state index contributed by atoms with van der Waals surface area (Å²) in [6.45, 7) is 4.11. The zero-order valence-corrected chi connectivity index (χ0v) is 10.5. The van der Waals surface area contributed by atoms with Crippen LogP contribution < -0.4 is 5.32 Å². The lowest BCUT2D eigenvalue weighted by Crippen LogP contribution is -2.20. The molecule has 0 aliphatic carbocycles. The molecule has 3 heteroatoms. The van der Waals surface area contributed by atoms with Crippen LogP contribution in [-0.4, -0.2) is 12.4 Å². The van der Waals surface area contributed by atoms with E-state index in [1.165, 1.54) is 5.56 Å². The number of hydrogen-bond donors (Lipinski definition) is 1. The van der Waals surface area contributed by atoms with Gasteiger partial charge in [-0.15, -0.1) is 11.6 Å². The van der Waals surface area contributed by atoms with Crippen molar-refractivity contribution in [1.29, 1.82) is 0 Å². The fourth-order valence-corrected chi connectivity index (χ4v) is 1.85. The molecule has 0 aliphatic rings. The average Bonchev–Trinajstić information content (AvgIpc) is 2.21. The Bertz CT molecular complexity index is 271. The molecule has 0 radical (unpaired) electrons. The van der Waals surface area contributed by atoms with E-state index in [0.717, 1.165) is 30.4 Å². The van der Waals surface area contributed by atoms with Gasteiger partial charge in [0.05, 0.1) is 0 Å². The summed E-state index contributed by atoms with van der Waals surface area (Å²) in [7, 11) is 0. The molecule has 1 rings (SSSR count). The molecule has 1 atom stereocenters. The van der Waals surface area contributed by atoms with Crippen molar-refractivity contribution < 1.29 is 0 Å². The maximum Gasteiger partial charge on any atom is 0.0406 e. The zero-order chi connectivity index (χ0) is 11.1. The highest BCUT2D eigenvalue weighted by molar-refractivity contribution is 6.30. The van der Waals surface area contributed by atoms with Crippen molar-refractivity contribution in [2.75, 3.05) is 12.4 Å². The van der Waals surface area contributed by atoms with E-state index in [1.54, 1.807) is 0 Å². The maximum absolute atomic E-state index is 5.80. The summed E-state index contributed by atoms with van der Waals surface area (Å²) in [5.41, 5.74) is 1.26. The largest absolute Gasteiger partial charge is 0.312 e. The van der Waals surface area contributed by atoms with E-state index < -0.39 is 0 Å². The minimum Gasteiger partial charge on any atom is -0.312 e. The van der Waals surface area contributed by atoms with Crippen LogP contribution in [0.2, 0.25) is 5.02 Å². The first-order valence-electron chi connectivity index (χ1n) is 5.23. The summed E-state index contributed by atoms with van der Waals surface area (Å²) in [6.07, 6.45) is 1.06. The van der Waals surface area contributed by atoms with E-state index in [4.69, 9.17) is 23.2 Å². The molecular weight excluding hydrogens is 229 g/mol. The molecule has 15 heavy (non-hydrogen) atoms. The molecule has 0 heterocycles. The van der Waals surface area contributed by atoms with Crippen LogP contribution in [0.15, 0.2) is 24.3 Å². The van der Waals surface area contributed by atoms with E-state index in [0.29, 0.717) is 5.92 Å². The second-order valence-electron chi connectivity index (χ2n) is 3.84. The number of alkyl halides is 1. The molecule has 0 aromatic heterocycles. The minimum absolute atomic E-state index is 0.634. The van der Waals surface area contributed by atoms with E-state index in [1.807, 2.05) is 24.3 Å². The van der Waals surface area contributed by atoms with Gasteiger partial charge in [-0.05, 0) is 36.6 Å². The summed E-state index contributed by atoms with van der Waals surface area (Å²) in [5, 5.41) is 4.19. The third-order valence-corrected chi connectivity index (χ3v) is 2.81. The van der Waals surface area contributed by atoms with E-state index in [9.17, 15) is 0 Å². The summed E-state index contributed by atoms with van der Waals surface area (Å²) >= 11 is 11.5. The fraction of sp³-hybridized carbons (Fsp3) is 0.500. The fourth-order valence-electron chi connectivity index (χ4n) is 1.35. The van der Waals surface area contributed by atoms with E-state index in [2.05, 4.69) is 12.2 Å². The van der Waals surface area contributed by atoms with Crippen molar-refractivity contribution >= 4 is 23.2 Å². The molecule has 1 aromatic rings. The van der Waals surface area contributed by atoms with Crippen molar-refractivity contribution in [3.05, 3.63) is 34.9 Å². The number of hydrogen-bond acceptors (Lipinski definition) is 1. The smallest absolute Gasteiger partial charge is 0.0406 e. The van der Waals surface area contributed by atoms with Crippen molar-refractivity contribution in [1.82, 2.24) is 5.32 Å². The first-order chi connectivity index (χ1) is 7.22. The van der Waals surface area contributed by atoms with Crippen molar-refractivity contribution in [2.45, 2.75) is 19.9 Å². The third-order valence-electron chi connectivity index (χ3n) is 2.34. The van der Waals surface area contributed by atoms with Crippen LogP contribution in [0.5, 0.6) is 0 Å². The highest BCUT2D eigenvalue weighted by Gasteiger charge is 2.00. The van der Waals surface area contributed by atoms with Crippen LogP contribution in [0.1, 0.15) is 18.9 Å². The highest BCUT2D eigenvalue weighted by atomic mass is 35.5. The van der Waals surface area contributed by atoms with Gasteiger partial charge in [0.1, 0.15) is 0 Å². The first kappa shape index (κ1) is 12.8. The second-order valence-corrected chi connectivity index (χ2v) is 4.65. The van der Waals surface area contributed by atoms with Gasteiger partial charge in [-0.25, -0.2) is 0 Å². The minimum atomic E-state index is 0.634. The van der Waals surface area contributed by atoms with Gasteiger partial charge in [-0.2, -0.15) is 0 Å². The van der Waals surface area contributed by atoms with E-state index >= 15 is 0 Å². The number of nitrogens with one attached hydrogen (secondary N) is 1. The van der Waals surface area contributed by atoms with Gasteiger partial charge in [-0.3, -0.25) is 0 Å². The van der Waals surface area contributed by atoms with Crippen molar-refractivity contribution in [2.24, 2.45) is 5.92 Å². The molecule has 1 N–H and O–H groups in total. The lowest BCUT2D eigenvalue weighted by Gasteiger charge is -2.10. The molecule has 0 spiro atoms. The monoisotopic (exact) mass is 245 g/mol. The molecular formula is C12H17Cl2N. The van der Waals surface area contributed by atoms with Gasteiger partial charge < -0.3 is 5.32 Å². The summed E-state index contributed by atoms with van der Waals surface area (Å²) in [5.74, 6) is 1.37. The normalized spacial score (nSPS) is 12.7. The van der Waals surface area contributed by atoms with Crippen LogP contribution in [0.3, 0.4) is 0 Å². The number of halogens is 2.